The zero-order valence-electron chi connectivity index (χ0n) is 12.3. The van der Waals surface area contributed by atoms with Gasteiger partial charge in [0.05, 0.1) is 4.34 Å². The molecular weight excluding hydrogens is 286 g/mol. The topological polar surface area (TPSA) is 12.0 Å². The number of hydrogen-bond acceptors (Lipinski definition) is 2. The maximum Gasteiger partial charge on any atom is 0.0931 e. The number of rotatable bonds is 6. The first-order valence-corrected chi connectivity index (χ1v) is 8.28. The van der Waals surface area contributed by atoms with Crippen molar-refractivity contribution in [3.05, 3.63) is 56.7 Å². The summed E-state index contributed by atoms with van der Waals surface area (Å²) in [6.45, 7) is 7.53. The Morgan fingerprint density at radius 2 is 2.00 bits per heavy atom. The molecule has 0 bridgehead atoms. The van der Waals surface area contributed by atoms with Crippen molar-refractivity contribution in [1.82, 2.24) is 5.32 Å². The second-order valence-corrected chi connectivity index (χ2v) is 7.38. The molecule has 0 spiro atoms. The molecule has 0 aliphatic rings. The van der Waals surface area contributed by atoms with Crippen molar-refractivity contribution in [2.75, 3.05) is 6.54 Å². The lowest BCUT2D eigenvalue weighted by Crippen LogP contribution is -2.28. The molecule has 2 aromatic rings. The van der Waals surface area contributed by atoms with Crippen LogP contribution < -0.4 is 5.32 Å². The summed E-state index contributed by atoms with van der Waals surface area (Å²) >= 11 is 7.73. The van der Waals surface area contributed by atoms with Crippen molar-refractivity contribution in [1.29, 1.82) is 0 Å². The molecule has 2 rings (SSSR count). The average Bonchev–Trinajstić information content (AvgIpc) is 2.80. The predicted octanol–water partition coefficient (Wildman–Crippen LogP) is 5.03. The van der Waals surface area contributed by atoms with E-state index in [1.54, 1.807) is 11.3 Å². The van der Waals surface area contributed by atoms with Gasteiger partial charge in [0.15, 0.2) is 0 Å². The standard InChI is InChI=1S/C17H22ClNS/c1-12(2)19-11-15(10-16-7-8-17(18)20-16)14-6-4-5-13(3)9-14/h4-9,12,15,19H,10-11H2,1-3H3. The molecule has 108 valence electrons. The minimum absolute atomic E-state index is 0.493. The Balaban J connectivity index is 2.15. The second-order valence-electron chi connectivity index (χ2n) is 5.58. The van der Waals surface area contributed by atoms with E-state index in [-0.39, 0.29) is 0 Å². The molecule has 0 aliphatic heterocycles. The molecule has 0 saturated heterocycles. The SMILES string of the molecule is Cc1cccc(C(CNC(C)C)Cc2ccc(Cl)s2)c1. The van der Waals surface area contributed by atoms with Gasteiger partial charge in [0, 0.05) is 23.4 Å². The van der Waals surface area contributed by atoms with Gasteiger partial charge in [-0.25, -0.2) is 0 Å². The monoisotopic (exact) mass is 307 g/mol. The Labute approximate surface area is 131 Å². The second kappa shape index (κ2) is 7.26. The predicted molar refractivity (Wildman–Crippen MR) is 90.1 cm³/mol. The fourth-order valence-corrected chi connectivity index (χ4v) is 3.48. The van der Waals surface area contributed by atoms with Crippen LogP contribution in [0, 0.1) is 6.92 Å². The Morgan fingerprint density at radius 3 is 2.60 bits per heavy atom. The number of thiophene rings is 1. The van der Waals surface area contributed by atoms with Crippen LogP contribution in [0.25, 0.3) is 0 Å². The molecule has 0 aliphatic carbocycles. The molecule has 1 N–H and O–H groups in total. The summed E-state index contributed by atoms with van der Waals surface area (Å²) in [5.41, 5.74) is 2.73. The largest absolute Gasteiger partial charge is 0.314 e. The summed E-state index contributed by atoms with van der Waals surface area (Å²) in [6, 6.07) is 13.5. The number of aryl methyl sites for hydroxylation is 1. The lowest BCUT2D eigenvalue weighted by Gasteiger charge is -2.19. The van der Waals surface area contributed by atoms with Crippen LogP contribution >= 0.6 is 22.9 Å². The highest BCUT2D eigenvalue weighted by molar-refractivity contribution is 7.16. The highest BCUT2D eigenvalue weighted by Gasteiger charge is 2.14. The van der Waals surface area contributed by atoms with E-state index in [2.05, 4.69) is 56.4 Å². The van der Waals surface area contributed by atoms with Gasteiger partial charge in [-0.2, -0.15) is 0 Å². The molecule has 20 heavy (non-hydrogen) atoms. The maximum atomic E-state index is 6.05. The van der Waals surface area contributed by atoms with Crippen LogP contribution in [0.2, 0.25) is 4.34 Å². The molecule has 1 atom stereocenters. The summed E-state index contributed by atoms with van der Waals surface area (Å²) in [5, 5.41) is 3.56. The van der Waals surface area contributed by atoms with Crippen LogP contribution in [-0.2, 0) is 6.42 Å². The van der Waals surface area contributed by atoms with E-state index in [4.69, 9.17) is 11.6 Å². The maximum absolute atomic E-state index is 6.05. The van der Waals surface area contributed by atoms with E-state index in [0.29, 0.717) is 12.0 Å². The third-order valence-corrected chi connectivity index (χ3v) is 4.62. The Morgan fingerprint density at radius 1 is 1.20 bits per heavy atom. The third-order valence-electron chi connectivity index (χ3n) is 3.36. The summed E-state index contributed by atoms with van der Waals surface area (Å²) in [7, 11) is 0. The fraction of sp³-hybridized carbons (Fsp3) is 0.412. The summed E-state index contributed by atoms with van der Waals surface area (Å²) in [6.07, 6.45) is 1.04. The smallest absolute Gasteiger partial charge is 0.0931 e. The Hall–Kier alpha value is -0.830. The minimum Gasteiger partial charge on any atom is -0.314 e. The zero-order valence-corrected chi connectivity index (χ0v) is 13.9. The first-order chi connectivity index (χ1) is 9.54. The summed E-state index contributed by atoms with van der Waals surface area (Å²) in [5.74, 6) is 0.493. The van der Waals surface area contributed by atoms with Crippen molar-refractivity contribution in [3.8, 4) is 0 Å². The molecule has 1 aromatic carbocycles. The quantitative estimate of drug-likeness (QED) is 0.789. The molecule has 0 amide bonds. The van der Waals surface area contributed by atoms with E-state index in [9.17, 15) is 0 Å². The van der Waals surface area contributed by atoms with E-state index in [0.717, 1.165) is 17.3 Å². The first kappa shape index (κ1) is 15.6. The van der Waals surface area contributed by atoms with Crippen LogP contribution in [0.1, 0.15) is 35.8 Å². The average molecular weight is 308 g/mol. The molecule has 1 nitrogen and oxygen atoms in total. The normalized spacial score (nSPS) is 12.8. The molecule has 1 aromatic heterocycles. The van der Waals surface area contributed by atoms with Gasteiger partial charge in [0.1, 0.15) is 0 Å². The van der Waals surface area contributed by atoms with Gasteiger partial charge < -0.3 is 5.32 Å². The van der Waals surface area contributed by atoms with E-state index >= 15 is 0 Å². The highest BCUT2D eigenvalue weighted by Crippen LogP contribution is 2.28. The molecule has 0 fully saturated rings. The van der Waals surface area contributed by atoms with Gasteiger partial charge in [-0.3, -0.25) is 0 Å². The van der Waals surface area contributed by atoms with Crippen molar-refractivity contribution in [2.24, 2.45) is 0 Å². The minimum atomic E-state index is 0.493. The van der Waals surface area contributed by atoms with Crippen LogP contribution in [0.3, 0.4) is 0 Å². The molecule has 0 saturated carbocycles. The fourth-order valence-electron chi connectivity index (χ4n) is 2.31. The van der Waals surface area contributed by atoms with Gasteiger partial charge >= 0.3 is 0 Å². The van der Waals surface area contributed by atoms with Crippen LogP contribution in [0.5, 0.6) is 0 Å². The number of benzene rings is 1. The van der Waals surface area contributed by atoms with Crippen molar-refractivity contribution in [2.45, 2.75) is 39.2 Å². The molecule has 0 radical (unpaired) electrons. The lowest BCUT2D eigenvalue weighted by atomic mass is 9.93. The number of hydrogen-bond donors (Lipinski definition) is 1. The third kappa shape index (κ3) is 4.62. The van der Waals surface area contributed by atoms with Crippen LogP contribution in [0.4, 0.5) is 0 Å². The molecule has 1 unspecified atom stereocenters. The lowest BCUT2D eigenvalue weighted by molar-refractivity contribution is 0.528. The summed E-state index contributed by atoms with van der Waals surface area (Å²) in [4.78, 5) is 1.35. The number of nitrogens with one attached hydrogen (secondary N) is 1. The molecular formula is C17H22ClNS. The Kier molecular flexibility index (Phi) is 5.64. The Bertz CT molecular complexity index is 547. The van der Waals surface area contributed by atoms with Gasteiger partial charge in [-0.05, 0) is 31.0 Å². The van der Waals surface area contributed by atoms with Crippen LogP contribution in [0.15, 0.2) is 36.4 Å². The van der Waals surface area contributed by atoms with Crippen molar-refractivity contribution < 1.29 is 0 Å². The highest BCUT2D eigenvalue weighted by atomic mass is 35.5. The van der Waals surface area contributed by atoms with Gasteiger partial charge in [-0.1, -0.05) is 55.3 Å². The van der Waals surface area contributed by atoms with E-state index in [1.165, 1.54) is 16.0 Å². The van der Waals surface area contributed by atoms with Crippen molar-refractivity contribution >= 4 is 22.9 Å². The number of halogens is 1. The van der Waals surface area contributed by atoms with Gasteiger partial charge in [0.25, 0.3) is 0 Å². The van der Waals surface area contributed by atoms with Crippen LogP contribution in [-0.4, -0.2) is 12.6 Å². The van der Waals surface area contributed by atoms with E-state index in [1.807, 2.05) is 6.07 Å². The van der Waals surface area contributed by atoms with Crippen molar-refractivity contribution in [3.63, 3.8) is 0 Å². The summed E-state index contributed by atoms with van der Waals surface area (Å²) < 4.78 is 0.875. The molecule has 3 heteroatoms. The molecule has 1 heterocycles. The zero-order chi connectivity index (χ0) is 14.5. The first-order valence-electron chi connectivity index (χ1n) is 7.08. The van der Waals surface area contributed by atoms with Gasteiger partial charge in [-0.15, -0.1) is 11.3 Å². The van der Waals surface area contributed by atoms with Gasteiger partial charge in [0.2, 0.25) is 0 Å². The van der Waals surface area contributed by atoms with E-state index < -0.39 is 0 Å².